The molecular weight excluding hydrogens is 270 g/mol. The van der Waals surface area contributed by atoms with Crippen LogP contribution in [0.25, 0.3) is 0 Å². The van der Waals surface area contributed by atoms with Gasteiger partial charge in [0.1, 0.15) is 16.8 Å². The summed E-state index contributed by atoms with van der Waals surface area (Å²) in [5.74, 6) is 2.01. The van der Waals surface area contributed by atoms with Gasteiger partial charge < -0.3 is 5.32 Å². The maximum absolute atomic E-state index is 6.26. The zero-order valence-corrected chi connectivity index (χ0v) is 14.0. The van der Waals surface area contributed by atoms with E-state index in [1.165, 1.54) is 25.7 Å². The highest BCUT2D eigenvalue weighted by molar-refractivity contribution is 6.30. The van der Waals surface area contributed by atoms with Crippen LogP contribution >= 0.6 is 11.6 Å². The highest BCUT2D eigenvalue weighted by Gasteiger charge is 2.32. The summed E-state index contributed by atoms with van der Waals surface area (Å²) in [6, 6.07) is 0.459. The number of anilines is 1. The van der Waals surface area contributed by atoms with Crippen molar-refractivity contribution in [2.45, 2.75) is 72.3 Å². The molecule has 0 spiro atoms. The number of aromatic nitrogens is 2. The summed E-state index contributed by atoms with van der Waals surface area (Å²) in [5.41, 5.74) is 1.26. The van der Waals surface area contributed by atoms with Crippen molar-refractivity contribution in [3.63, 3.8) is 0 Å². The number of halogens is 1. The van der Waals surface area contributed by atoms with E-state index in [-0.39, 0.29) is 5.92 Å². The van der Waals surface area contributed by atoms with E-state index in [1.807, 2.05) is 6.92 Å². The third-order valence-electron chi connectivity index (χ3n) is 4.44. The lowest BCUT2D eigenvalue weighted by atomic mass is 9.73. The summed E-state index contributed by atoms with van der Waals surface area (Å²) >= 11 is 6.26. The Morgan fingerprint density at radius 2 is 1.95 bits per heavy atom. The number of hydrogen-bond donors (Lipinski definition) is 1. The Morgan fingerprint density at radius 1 is 1.25 bits per heavy atom. The Hall–Kier alpha value is -0.830. The molecule has 1 aromatic rings. The molecule has 0 amide bonds. The fourth-order valence-electron chi connectivity index (χ4n) is 2.83. The van der Waals surface area contributed by atoms with Crippen molar-refractivity contribution in [2.75, 3.05) is 5.32 Å². The van der Waals surface area contributed by atoms with Gasteiger partial charge in [-0.25, -0.2) is 9.97 Å². The van der Waals surface area contributed by atoms with E-state index in [4.69, 9.17) is 11.6 Å². The lowest BCUT2D eigenvalue weighted by Gasteiger charge is -2.39. The molecule has 1 N–H and O–H groups in total. The summed E-state index contributed by atoms with van der Waals surface area (Å²) in [6.07, 6.45) is 5.08. The molecule has 0 aliphatic heterocycles. The van der Waals surface area contributed by atoms with Crippen LogP contribution < -0.4 is 5.32 Å². The molecule has 0 radical (unpaired) electrons. The summed E-state index contributed by atoms with van der Waals surface area (Å²) in [5, 5.41) is 4.21. The number of hydrogen-bond acceptors (Lipinski definition) is 3. The first-order chi connectivity index (χ1) is 9.31. The topological polar surface area (TPSA) is 37.8 Å². The van der Waals surface area contributed by atoms with E-state index >= 15 is 0 Å². The second kappa shape index (κ2) is 5.88. The molecule has 0 saturated heterocycles. The standard InChI is InChI=1S/C16H26ClN3/c1-10(2)14-19-13(17)11(3)15(20-14)18-12-8-6-7-9-16(12,4)5/h10,12H,6-9H2,1-5H3,(H,18,19,20). The highest BCUT2D eigenvalue weighted by atomic mass is 35.5. The third-order valence-corrected chi connectivity index (χ3v) is 4.81. The SMILES string of the molecule is Cc1c(Cl)nc(C(C)C)nc1NC1CCCCC1(C)C. The van der Waals surface area contributed by atoms with Crippen molar-refractivity contribution < 1.29 is 0 Å². The van der Waals surface area contributed by atoms with Gasteiger partial charge in [-0.3, -0.25) is 0 Å². The van der Waals surface area contributed by atoms with Crippen molar-refractivity contribution in [1.29, 1.82) is 0 Å². The minimum atomic E-state index is 0.285. The lowest BCUT2D eigenvalue weighted by Crippen LogP contribution is -2.39. The lowest BCUT2D eigenvalue weighted by molar-refractivity contribution is 0.216. The molecule has 0 bridgehead atoms. The molecule has 1 heterocycles. The second-order valence-corrected chi connectivity index (χ2v) is 7.29. The smallest absolute Gasteiger partial charge is 0.137 e. The highest BCUT2D eigenvalue weighted by Crippen LogP contribution is 2.37. The predicted octanol–water partition coefficient (Wildman–Crippen LogP) is 4.94. The maximum atomic E-state index is 6.26. The first-order valence-electron chi connectivity index (χ1n) is 7.62. The number of nitrogens with zero attached hydrogens (tertiary/aromatic N) is 2. The fraction of sp³-hybridized carbons (Fsp3) is 0.750. The Bertz CT molecular complexity index is 483. The first kappa shape index (κ1) is 15.6. The van der Waals surface area contributed by atoms with Gasteiger partial charge in [-0.05, 0) is 25.2 Å². The average molecular weight is 296 g/mol. The van der Waals surface area contributed by atoms with Crippen LogP contribution in [0.4, 0.5) is 5.82 Å². The zero-order chi connectivity index (χ0) is 14.9. The molecule has 2 rings (SSSR count). The van der Waals surface area contributed by atoms with E-state index in [2.05, 4.69) is 43.0 Å². The van der Waals surface area contributed by atoms with Crippen LogP contribution in [0.5, 0.6) is 0 Å². The molecule has 112 valence electrons. The van der Waals surface area contributed by atoms with E-state index in [9.17, 15) is 0 Å². The van der Waals surface area contributed by atoms with Gasteiger partial charge in [-0.15, -0.1) is 0 Å². The summed E-state index contributed by atoms with van der Waals surface area (Å²) in [7, 11) is 0. The Morgan fingerprint density at radius 3 is 2.55 bits per heavy atom. The van der Waals surface area contributed by atoms with Crippen LogP contribution in [0.3, 0.4) is 0 Å². The van der Waals surface area contributed by atoms with E-state index < -0.39 is 0 Å². The Labute approximate surface area is 127 Å². The molecule has 1 saturated carbocycles. The number of rotatable bonds is 3. The third kappa shape index (κ3) is 3.25. The van der Waals surface area contributed by atoms with Gasteiger partial charge in [-0.2, -0.15) is 0 Å². The van der Waals surface area contributed by atoms with Crippen molar-refractivity contribution in [3.8, 4) is 0 Å². The molecule has 0 aromatic carbocycles. The maximum Gasteiger partial charge on any atom is 0.137 e. The summed E-state index contributed by atoms with van der Waals surface area (Å²) < 4.78 is 0. The molecule has 1 unspecified atom stereocenters. The summed E-state index contributed by atoms with van der Waals surface area (Å²) in [4.78, 5) is 9.06. The Kier molecular flexibility index (Phi) is 4.58. The molecular formula is C16H26ClN3. The van der Waals surface area contributed by atoms with Crippen LogP contribution in [0.1, 0.15) is 70.7 Å². The first-order valence-corrected chi connectivity index (χ1v) is 7.99. The van der Waals surface area contributed by atoms with Crippen LogP contribution in [-0.2, 0) is 0 Å². The normalized spacial score (nSPS) is 22.1. The van der Waals surface area contributed by atoms with Gasteiger partial charge in [0, 0.05) is 17.5 Å². The van der Waals surface area contributed by atoms with Crippen LogP contribution in [-0.4, -0.2) is 16.0 Å². The second-order valence-electron chi connectivity index (χ2n) is 6.93. The quantitative estimate of drug-likeness (QED) is 0.802. The van der Waals surface area contributed by atoms with Crippen LogP contribution in [0, 0.1) is 12.3 Å². The zero-order valence-electron chi connectivity index (χ0n) is 13.3. The van der Waals surface area contributed by atoms with E-state index in [0.717, 1.165) is 17.2 Å². The van der Waals surface area contributed by atoms with Gasteiger partial charge >= 0.3 is 0 Å². The van der Waals surface area contributed by atoms with Crippen molar-refractivity contribution in [3.05, 3.63) is 16.5 Å². The summed E-state index contributed by atoms with van der Waals surface area (Å²) in [6.45, 7) is 10.9. The van der Waals surface area contributed by atoms with Gasteiger partial charge in [-0.1, -0.05) is 52.1 Å². The number of nitrogens with one attached hydrogen (secondary N) is 1. The average Bonchev–Trinajstić information content (AvgIpc) is 2.36. The fourth-order valence-corrected chi connectivity index (χ4v) is 3.01. The molecule has 1 aliphatic carbocycles. The van der Waals surface area contributed by atoms with Crippen molar-refractivity contribution in [2.24, 2.45) is 5.41 Å². The largest absolute Gasteiger partial charge is 0.366 e. The van der Waals surface area contributed by atoms with Crippen LogP contribution in [0.2, 0.25) is 5.15 Å². The molecule has 4 heteroatoms. The molecule has 1 aromatic heterocycles. The molecule has 20 heavy (non-hydrogen) atoms. The van der Waals surface area contributed by atoms with Crippen LogP contribution in [0.15, 0.2) is 0 Å². The van der Waals surface area contributed by atoms with Gasteiger partial charge in [0.15, 0.2) is 0 Å². The Balaban J connectivity index is 2.28. The van der Waals surface area contributed by atoms with Gasteiger partial charge in [0.05, 0.1) is 0 Å². The molecule has 1 fully saturated rings. The van der Waals surface area contributed by atoms with E-state index in [1.54, 1.807) is 0 Å². The van der Waals surface area contributed by atoms with E-state index in [0.29, 0.717) is 16.6 Å². The molecule has 1 aliphatic rings. The van der Waals surface area contributed by atoms with Gasteiger partial charge in [0.2, 0.25) is 0 Å². The monoisotopic (exact) mass is 295 g/mol. The molecule has 3 nitrogen and oxygen atoms in total. The minimum Gasteiger partial charge on any atom is -0.366 e. The minimum absolute atomic E-state index is 0.285. The van der Waals surface area contributed by atoms with Crippen molar-refractivity contribution >= 4 is 17.4 Å². The van der Waals surface area contributed by atoms with Crippen molar-refractivity contribution in [1.82, 2.24) is 9.97 Å². The van der Waals surface area contributed by atoms with Gasteiger partial charge in [0.25, 0.3) is 0 Å². The predicted molar refractivity (Wildman–Crippen MR) is 85.5 cm³/mol. The molecule has 1 atom stereocenters.